The van der Waals surface area contributed by atoms with E-state index in [4.69, 9.17) is 4.42 Å². The maximum absolute atomic E-state index is 12.6. The number of carbonyl (C=O) groups excluding carboxylic acids is 3. The molecule has 0 spiro atoms. The summed E-state index contributed by atoms with van der Waals surface area (Å²) in [5.41, 5.74) is 3.14. The van der Waals surface area contributed by atoms with Gasteiger partial charge in [0.15, 0.2) is 11.6 Å². The van der Waals surface area contributed by atoms with E-state index in [1.54, 1.807) is 12.1 Å². The van der Waals surface area contributed by atoms with Crippen LogP contribution < -0.4 is 16.0 Å². The summed E-state index contributed by atoms with van der Waals surface area (Å²) in [5.74, 6) is -0.259. The van der Waals surface area contributed by atoms with Crippen molar-refractivity contribution in [3.8, 4) is 11.3 Å². The number of hydrogen-bond donors (Lipinski definition) is 4. The van der Waals surface area contributed by atoms with Gasteiger partial charge in [-0.05, 0) is 41.8 Å². The van der Waals surface area contributed by atoms with Gasteiger partial charge in [-0.15, -0.1) is 0 Å². The zero-order valence-electron chi connectivity index (χ0n) is 19.7. The third-order valence-electron chi connectivity index (χ3n) is 5.58. The van der Waals surface area contributed by atoms with Crippen molar-refractivity contribution in [2.75, 3.05) is 7.05 Å². The summed E-state index contributed by atoms with van der Waals surface area (Å²) < 4.78 is 5.76. The number of benzene rings is 2. The number of amides is 3. The second-order valence-corrected chi connectivity index (χ2v) is 8.46. The monoisotopic (exact) mass is 473 g/mol. The van der Waals surface area contributed by atoms with Crippen LogP contribution in [0, 0.1) is 5.92 Å². The predicted molar refractivity (Wildman–Crippen MR) is 132 cm³/mol. The first-order valence-corrected chi connectivity index (χ1v) is 11.3. The molecule has 0 saturated carbocycles. The molecular weight excluding hydrogens is 446 g/mol. The molecule has 9 heteroatoms. The first-order chi connectivity index (χ1) is 16.9. The van der Waals surface area contributed by atoms with Gasteiger partial charge in [-0.1, -0.05) is 44.2 Å². The van der Waals surface area contributed by atoms with Crippen LogP contribution in [-0.4, -0.2) is 40.8 Å². The molecule has 0 radical (unpaired) electrons. The summed E-state index contributed by atoms with van der Waals surface area (Å²) in [6.45, 7) is 4.00. The van der Waals surface area contributed by atoms with Crippen molar-refractivity contribution in [2.24, 2.45) is 5.92 Å². The molecule has 0 saturated heterocycles. The molecule has 0 unspecified atom stereocenters. The molecule has 0 aliphatic carbocycles. The van der Waals surface area contributed by atoms with E-state index in [-0.39, 0.29) is 29.3 Å². The number of imidazole rings is 1. The Morgan fingerprint density at radius 1 is 1.00 bits per heavy atom. The number of furan rings is 1. The molecule has 4 aromatic rings. The number of nitrogens with one attached hydrogen (secondary N) is 4. The zero-order valence-corrected chi connectivity index (χ0v) is 19.7. The van der Waals surface area contributed by atoms with Crippen molar-refractivity contribution in [1.29, 1.82) is 0 Å². The minimum Gasteiger partial charge on any atom is -0.451 e. The molecule has 0 bridgehead atoms. The predicted octanol–water partition coefficient (Wildman–Crippen LogP) is 3.25. The van der Waals surface area contributed by atoms with E-state index < -0.39 is 11.9 Å². The highest BCUT2D eigenvalue weighted by Gasteiger charge is 2.25. The number of fused-ring (bicyclic) bond motifs is 1. The maximum atomic E-state index is 12.6. The lowest BCUT2D eigenvalue weighted by molar-refractivity contribution is -0.123. The summed E-state index contributed by atoms with van der Waals surface area (Å²) in [7, 11) is 1.53. The standard InChI is InChI=1S/C26H27N5O4/c1-15(2)22(25(33)27-3)31-24(32)21-12-11-20(35-21)17-8-6-7-16(13-17)14-28-26(34)23-29-18-9-4-5-10-19(18)30-23/h4-13,15,22H,14H2,1-3H3,(H,27,33)(H,28,34)(H,29,30)(H,31,32)/t22-/m0/s1. The maximum Gasteiger partial charge on any atom is 0.287 e. The summed E-state index contributed by atoms with van der Waals surface area (Å²) in [6, 6.07) is 17.5. The van der Waals surface area contributed by atoms with E-state index in [0.29, 0.717) is 12.3 Å². The summed E-state index contributed by atoms with van der Waals surface area (Å²) in [6.07, 6.45) is 0. The first kappa shape index (κ1) is 23.7. The zero-order chi connectivity index (χ0) is 24.9. The molecule has 1 atom stereocenters. The highest BCUT2D eigenvalue weighted by molar-refractivity contribution is 5.96. The second kappa shape index (κ2) is 10.3. The van der Waals surface area contributed by atoms with E-state index in [2.05, 4.69) is 25.9 Å². The molecule has 180 valence electrons. The largest absolute Gasteiger partial charge is 0.451 e. The van der Waals surface area contributed by atoms with Gasteiger partial charge in [0.25, 0.3) is 11.8 Å². The number of carbonyl (C=O) groups is 3. The van der Waals surface area contributed by atoms with Gasteiger partial charge < -0.3 is 25.4 Å². The summed E-state index contributed by atoms with van der Waals surface area (Å²) >= 11 is 0. The molecule has 3 amide bonds. The lowest BCUT2D eigenvalue weighted by Crippen LogP contribution is -2.48. The van der Waals surface area contributed by atoms with Crippen LogP contribution in [0.15, 0.2) is 65.1 Å². The third kappa shape index (κ3) is 5.40. The molecule has 4 rings (SSSR count). The smallest absolute Gasteiger partial charge is 0.287 e. The Morgan fingerprint density at radius 2 is 1.80 bits per heavy atom. The molecule has 2 heterocycles. The Hall–Kier alpha value is -4.40. The van der Waals surface area contributed by atoms with Gasteiger partial charge in [-0.2, -0.15) is 0 Å². The molecule has 0 aliphatic rings. The lowest BCUT2D eigenvalue weighted by atomic mass is 10.0. The molecule has 35 heavy (non-hydrogen) atoms. The van der Waals surface area contributed by atoms with E-state index >= 15 is 0 Å². The lowest BCUT2D eigenvalue weighted by Gasteiger charge is -2.19. The topological polar surface area (TPSA) is 129 Å². The van der Waals surface area contributed by atoms with Gasteiger partial charge in [-0.25, -0.2) is 4.98 Å². The van der Waals surface area contributed by atoms with Gasteiger partial charge in [0.1, 0.15) is 11.8 Å². The molecule has 4 N–H and O–H groups in total. The molecule has 0 aliphatic heterocycles. The Kier molecular flexibility index (Phi) is 6.96. The normalized spacial score (nSPS) is 11.9. The van der Waals surface area contributed by atoms with Crippen LogP contribution in [-0.2, 0) is 11.3 Å². The van der Waals surface area contributed by atoms with Gasteiger partial charge in [0, 0.05) is 19.2 Å². The van der Waals surface area contributed by atoms with Crippen molar-refractivity contribution >= 4 is 28.8 Å². The van der Waals surface area contributed by atoms with Crippen molar-refractivity contribution < 1.29 is 18.8 Å². The van der Waals surface area contributed by atoms with E-state index in [9.17, 15) is 14.4 Å². The number of likely N-dealkylation sites (N-methyl/N-ethyl adjacent to an activating group) is 1. The van der Waals surface area contributed by atoms with E-state index in [1.807, 2.05) is 62.4 Å². The van der Waals surface area contributed by atoms with Gasteiger partial charge >= 0.3 is 0 Å². The van der Waals surface area contributed by atoms with Crippen molar-refractivity contribution in [3.63, 3.8) is 0 Å². The Labute approximate surface area is 202 Å². The number of nitrogens with zero attached hydrogens (tertiary/aromatic N) is 1. The fourth-order valence-corrected chi connectivity index (χ4v) is 3.68. The molecule has 2 aromatic heterocycles. The fraction of sp³-hybridized carbons (Fsp3) is 0.231. The molecule has 0 fully saturated rings. The van der Waals surface area contributed by atoms with Crippen LogP contribution in [0.4, 0.5) is 0 Å². The van der Waals surface area contributed by atoms with Crippen molar-refractivity contribution in [3.05, 3.63) is 77.8 Å². The van der Waals surface area contributed by atoms with Crippen LogP contribution in [0.1, 0.15) is 40.6 Å². The highest BCUT2D eigenvalue weighted by atomic mass is 16.4. The molecular formula is C26H27N5O4. The van der Waals surface area contributed by atoms with E-state index in [1.165, 1.54) is 7.05 Å². The third-order valence-corrected chi connectivity index (χ3v) is 5.58. The Bertz CT molecular complexity index is 1340. The number of aromatic amines is 1. The fourth-order valence-electron chi connectivity index (χ4n) is 3.68. The SMILES string of the molecule is CNC(=O)[C@@H](NC(=O)c1ccc(-c2cccc(CNC(=O)c3nc4ccccc4[nH]3)c2)o1)C(C)C. The van der Waals surface area contributed by atoms with Crippen LogP contribution in [0.2, 0.25) is 0 Å². The van der Waals surface area contributed by atoms with Gasteiger partial charge in [-0.3, -0.25) is 14.4 Å². The Morgan fingerprint density at radius 3 is 2.54 bits per heavy atom. The second-order valence-electron chi connectivity index (χ2n) is 8.46. The highest BCUT2D eigenvalue weighted by Crippen LogP contribution is 2.23. The average molecular weight is 474 g/mol. The van der Waals surface area contributed by atoms with Crippen molar-refractivity contribution in [2.45, 2.75) is 26.4 Å². The quantitative estimate of drug-likeness (QED) is 0.312. The average Bonchev–Trinajstić information content (AvgIpc) is 3.53. The van der Waals surface area contributed by atoms with Gasteiger partial charge in [0.2, 0.25) is 5.91 Å². The number of rotatable bonds is 8. The minimum absolute atomic E-state index is 0.0835. The van der Waals surface area contributed by atoms with Crippen LogP contribution >= 0.6 is 0 Å². The van der Waals surface area contributed by atoms with Crippen molar-refractivity contribution in [1.82, 2.24) is 25.9 Å². The number of aromatic nitrogens is 2. The van der Waals surface area contributed by atoms with E-state index in [0.717, 1.165) is 22.2 Å². The molecule has 2 aromatic carbocycles. The van der Waals surface area contributed by atoms with Gasteiger partial charge in [0.05, 0.1) is 11.0 Å². The number of para-hydroxylation sites is 2. The minimum atomic E-state index is -0.667. The molecule has 9 nitrogen and oxygen atoms in total. The summed E-state index contributed by atoms with van der Waals surface area (Å²) in [4.78, 5) is 44.5. The van der Waals surface area contributed by atoms with Crippen LogP contribution in [0.3, 0.4) is 0 Å². The number of hydrogen-bond acceptors (Lipinski definition) is 5. The summed E-state index contributed by atoms with van der Waals surface area (Å²) in [5, 5.41) is 8.13. The van der Waals surface area contributed by atoms with Crippen LogP contribution in [0.25, 0.3) is 22.4 Å². The Balaban J connectivity index is 1.42. The number of H-pyrrole nitrogens is 1. The first-order valence-electron chi connectivity index (χ1n) is 11.3. The van der Waals surface area contributed by atoms with Crippen LogP contribution in [0.5, 0.6) is 0 Å².